The summed E-state index contributed by atoms with van der Waals surface area (Å²) in [6.45, 7) is 5.49. The van der Waals surface area contributed by atoms with Crippen molar-refractivity contribution in [3.05, 3.63) is 41.9 Å². The van der Waals surface area contributed by atoms with Crippen molar-refractivity contribution in [3.63, 3.8) is 0 Å². The average Bonchev–Trinajstić information content (AvgIpc) is 3.35. The fourth-order valence-electron chi connectivity index (χ4n) is 5.07. The molecule has 0 aliphatic carbocycles. The van der Waals surface area contributed by atoms with E-state index in [4.69, 9.17) is 14.7 Å². The lowest BCUT2D eigenvalue weighted by Crippen LogP contribution is -2.38. The molecule has 9 heteroatoms. The van der Waals surface area contributed by atoms with Crippen molar-refractivity contribution in [1.29, 1.82) is 0 Å². The Balaban J connectivity index is 1.66. The number of rotatable bonds is 4. The molecule has 4 heterocycles. The maximum absolute atomic E-state index is 13.6. The Bertz CT molecular complexity index is 1340. The van der Waals surface area contributed by atoms with E-state index in [1.54, 1.807) is 7.11 Å². The van der Waals surface area contributed by atoms with E-state index in [1.807, 2.05) is 46.7 Å². The number of ether oxygens (including phenoxy) is 1. The van der Waals surface area contributed by atoms with Crippen LogP contribution >= 0.6 is 0 Å². The van der Waals surface area contributed by atoms with Gasteiger partial charge in [-0.05, 0) is 62.4 Å². The van der Waals surface area contributed by atoms with Gasteiger partial charge in [-0.2, -0.15) is 0 Å². The van der Waals surface area contributed by atoms with Crippen molar-refractivity contribution in [1.82, 2.24) is 19.4 Å². The molecule has 0 N–H and O–H groups in total. The molecule has 1 amide bonds. The maximum Gasteiger partial charge on any atom is 0.274 e. The Kier molecular flexibility index (Phi) is 5.83. The second-order valence-corrected chi connectivity index (χ2v) is 11.7. The predicted octanol–water partition coefficient (Wildman–Crippen LogP) is 3.65. The van der Waals surface area contributed by atoms with Crippen LogP contribution in [-0.4, -0.2) is 65.5 Å². The number of carbonyl (C=O) groups excluding carboxylic acids is 1. The van der Waals surface area contributed by atoms with Gasteiger partial charge in [0.25, 0.3) is 5.91 Å². The summed E-state index contributed by atoms with van der Waals surface area (Å²) in [6, 6.07) is 9.29. The minimum absolute atomic E-state index is 0.0901. The molecule has 34 heavy (non-hydrogen) atoms. The molecule has 1 aromatic carbocycles. The highest BCUT2D eigenvalue weighted by atomic mass is 32.2. The summed E-state index contributed by atoms with van der Waals surface area (Å²) < 4.78 is 31.7. The Morgan fingerprint density at radius 1 is 1.09 bits per heavy atom. The normalized spacial score (nSPS) is 20.7. The van der Waals surface area contributed by atoms with Crippen LogP contribution in [0.5, 0.6) is 5.75 Å². The monoisotopic (exact) mass is 482 g/mol. The second-order valence-electron chi connectivity index (χ2n) is 9.51. The number of hydrogen-bond donors (Lipinski definition) is 0. The van der Waals surface area contributed by atoms with Crippen molar-refractivity contribution < 1.29 is 17.9 Å². The third-order valence-corrected chi connectivity index (χ3v) is 8.84. The van der Waals surface area contributed by atoms with E-state index in [9.17, 15) is 13.2 Å². The van der Waals surface area contributed by atoms with Crippen molar-refractivity contribution in [3.8, 4) is 17.0 Å². The van der Waals surface area contributed by atoms with Gasteiger partial charge >= 0.3 is 0 Å². The van der Waals surface area contributed by atoms with Crippen LogP contribution in [-0.2, 0) is 9.84 Å². The van der Waals surface area contributed by atoms with Gasteiger partial charge < -0.3 is 14.2 Å². The van der Waals surface area contributed by atoms with Crippen LogP contribution in [0.3, 0.4) is 0 Å². The first-order valence-corrected chi connectivity index (χ1v) is 13.6. The van der Waals surface area contributed by atoms with E-state index >= 15 is 0 Å². The largest absolute Gasteiger partial charge is 0.497 e. The number of methoxy groups -OCH3 is 1. The minimum atomic E-state index is -3.08. The van der Waals surface area contributed by atoms with Crippen LogP contribution in [0.25, 0.3) is 22.3 Å². The number of benzene rings is 1. The number of likely N-dealkylation sites (tertiary alicyclic amines) is 1. The number of nitrogens with zero attached hydrogens (tertiary/aromatic N) is 4. The Labute approximate surface area is 199 Å². The molecule has 8 nitrogen and oxygen atoms in total. The van der Waals surface area contributed by atoms with E-state index in [2.05, 4.69) is 6.92 Å². The van der Waals surface area contributed by atoms with Crippen LogP contribution < -0.4 is 4.74 Å². The number of aryl methyl sites for hydroxylation is 1. The van der Waals surface area contributed by atoms with Crippen LogP contribution in [0.1, 0.15) is 48.5 Å². The molecular weight excluding hydrogens is 452 g/mol. The topological polar surface area (TPSA) is 94.4 Å². The molecule has 3 aromatic rings. The van der Waals surface area contributed by atoms with Crippen molar-refractivity contribution in [2.75, 3.05) is 31.7 Å². The highest BCUT2D eigenvalue weighted by Gasteiger charge is 2.33. The van der Waals surface area contributed by atoms with Gasteiger partial charge in [0.05, 0.1) is 35.9 Å². The molecule has 5 rings (SSSR count). The van der Waals surface area contributed by atoms with Crippen molar-refractivity contribution in [2.45, 2.75) is 39.2 Å². The maximum atomic E-state index is 13.6. The molecule has 180 valence electrons. The third kappa shape index (κ3) is 4.17. The molecule has 0 spiro atoms. The first-order chi connectivity index (χ1) is 16.3. The molecule has 1 atom stereocenters. The highest BCUT2D eigenvalue weighted by Crippen LogP contribution is 2.33. The fraction of sp³-hybridized carbons (Fsp3) is 0.480. The molecule has 2 aliphatic rings. The molecule has 0 radical (unpaired) electrons. The summed E-state index contributed by atoms with van der Waals surface area (Å²) in [6.07, 6.45) is 2.49. The lowest BCUT2D eigenvalue weighted by atomic mass is 9.99. The smallest absolute Gasteiger partial charge is 0.274 e. The number of pyridine rings is 1. The van der Waals surface area contributed by atoms with Crippen molar-refractivity contribution in [2.24, 2.45) is 5.92 Å². The summed E-state index contributed by atoms with van der Waals surface area (Å²) in [4.78, 5) is 25.1. The van der Waals surface area contributed by atoms with E-state index in [0.717, 1.165) is 29.7 Å². The number of amides is 1. The lowest BCUT2D eigenvalue weighted by molar-refractivity contribution is 0.0693. The summed E-state index contributed by atoms with van der Waals surface area (Å²) in [7, 11) is -1.46. The Morgan fingerprint density at radius 3 is 2.41 bits per heavy atom. The number of imidazole rings is 1. The lowest BCUT2D eigenvalue weighted by Gasteiger charge is -2.30. The van der Waals surface area contributed by atoms with E-state index < -0.39 is 9.84 Å². The number of carbonyl (C=O) groups is 1. The first-order valence-electron chi connectivity index (χ1n) is 11.8. The quantitative estimate of drug-likeness (QED) is 0.563. The van der Waals surface area contributed by atoms with Gasteiger partial charge in [-0.15, -0.1) is 0 Å². The average molecular weight is 483 g/mol. The molecule has 2 aliphatic heterocycles. The number of fused-ring (bicyclic) bond motifs is 1. The standard InChI is InChI=1S/C25H30N4O4S/c1-16-8-11-28(12-9-16)25(30)24-23-22(14-21(27-24)18-4-6-20(33-3)7-5-18)29(17(2)26-23)19-10-13-34(31,32)15-19/h4-7,14,16,19H,8-13,15H2,1-3H3. The highest BCUT2D eigenvalue weighted by molar-refractivity contribution is 7.91. The van der Waals surface area contributed by atoms with Crippen LogP contribution in [0.4, 0.5) is 0 Å². The fourth-order valence-corrected chi connectivity index (χ4v) is 6.77. The molecule has 2 aromatic heterocycles. The van der Waals surface area contributed by atoms with E-state index in [-0.39, 0.29) is 23.5 Å². The number of hydrogen-bond acceptors (Lipinski definition) is 6. The second kappa shape index (κ2) is 8.69. The molecule has 2 fully saturated rings. The number of piperidine rings is 1. The number of sulfone groups is 1. The zero-order chi connectivity index (χ0) is 24.0. The van der Waals surface area contributed by atoms with E-state index in [1.165, 1.54) is 0 Å². The van der Waals surface area contributed by atoms with Gasteiger partial charge in [0.2, 0.25) is 0 Å². The van der Waals surface area contributed by atoms with Gasteiger partial charge in [0.15, 0.2) is 15.5 Å². The zero-order valence-electron chi connectivity index (χ0n) is 19.8. The molecule has 1 unspecified atom stereocenters. The van der Waals surface area contributed by atoms with Crippen LogP contribution in [0.2, 0.25) is 0 Å². The van der Waals surface area contributed by atoms with Gasteiger partial charge in [0, 0.05) is 18.7 Å². The van der Waals surface area contributed by atoms with Gasteiger partial charge in [-0.3, -0.25) is 4.79 Å². The van der Waals surface area contributed by atoms with Gasteiger partial charge in [-0.1, -0.05) is 6.92 Å². The minimum Gasteiger partial charge on any atom is -0.497 e. The molecule has 0 bridgehead atoms. The molecular formula is C25H30N4O4S. The SMILES string of the molecule is COc1ccc(-c2cc3c(nc(C)n3C3CCS(=O)(=O)C3)c(C(=O)N3CCC(C)CC3)n2)cc1. The zero-order valence-corrected chi connectivity index (χ0v) is 20.6. The third-order valence-electron chi connectivity index (χ3n) is 7.09. The summed E-state index contributed by atoms with van der Waals surface area (Å²) >= 11 is 0. The van der Waals surface area contributed by atoms with Crippen molar-refractivity contribution >= 4 is 26.8 Å². The van der Waals surface area contributed by atoms with Crippen LogP contribution in [0.15, 0.2) is 30.3 Å². The molecule has 2 saturated heterocycles. The Hall–Kier alpha value is -2.94. The number of aromatic nitrogens is 3. The summed E-state index contributed by atoms with van der Waals surface area (Å²) in [5.41, 5.74) is 3.15. The van der Waals surface area contributed by atoms with Gasteiger partial charge in [0.1, 0.15) is 17.1 Å². The molecule has 0 saturated carbocycles. The van der Waals surface area contributed by atoms with Crippen LogP contribution in [0, 0.1) is 12.8 Å². The summed E-state index contributed by atoms with van der Waals surface area (Å²) in [5, 5.41) is 0. The van der Waals surface area contributed by atoms with E-state index in [0.29, 0.717) is 48.2 Å². The predicted molar refractivity (Wildman–Crippen MR) is 131 cm³/mol. The Morgan fingerprint density at radius 2 is 1.79 bits per heavy atom. The summed E-state index contributed by atoms with van der Waals surface area (Å²) in [5.74, 6) is 2.19. The first kappa shape index (κ1) is 22.8. The van der Waals surface area contributed by atoms with Gasteiger partial charge in [-0.25, -0.2) is 18.4 Å².